The number of rotatable bonds is 5. The van der Waals surface area contributed by atoms with Gasteiger partial charge in [0.15, 0.2) is 23.0 Å². The van der Waals surface area contributed by atoms with E-state index in [0.29, 0.717) is 47.1 Å². The third kappa shape index (κ3) is 3.38. The number of methoxy groups -OCH3 is 2. The van der Waals surface area contributed by atoms with E-state index < -0.39 is 0 Å². The molecule has 0 bridgehead atoms. The van der Waals surface area contributed by atoms with Gasteiger partial charge in [-0.2, -0.15) is 0 Å². The van der Waals surface area contributed by atoms with Crippen LogP contribution in [0.4, 0.5) is 0 Å². The Morgan fingerprint density at radius 3 is 2.33 bits per heavy atom. The summed E-state index contributed by atoms with van der Waals surface area (Å²) in [6.45, 7) is 3.49. The van der Waals surface area contributed by atoms with Crippen LogP contribution in [0.1, 0.15) is 18.9 Å². The summed E-state index contributed by atoms with van der Waals surface area (Å²) in [5, 5.41) is 0.392. The van der Waals surface area contributed by atoms with E-state index in [9.17, 15) is 9.59 Å². The molecule has 0 N–H and O–H groups in total. The van der Waals surface area contributed by atoms with Crippen molar-refractivity contribution in [3.63, 3.8) is 0 Å². The summed E-state index contributed by atoms with van der Waals surface area (Å²) >= 11 is 0. The van der Waals surface area contributed by atoms with E-state index in [1.807, 2.05) is 18.2 Å². The number of hydrogen-bond donors (Lipinski definition) is 0. The van der Waals surface area contributed by atoms with Crippen molar-refractivity contribution in [1.82, 2.24) is 9.13 Å². The van der Waals surface area contributed by atoms with Crippen molar-refractivity contribution in [2.45, 2.75) is 26.4 Å². The fraction of sp³-hybridized carbons (Fsp3) is 0.364. The molecule has 8 heteroatoms. The molecule has 0 saturated heterocycles. The SMILES string of the molecule is CCn1c(=O)c2cc(OC)c(OC)cc2n(Cc2ccc3c(c2)OCCCO3)c1=O. The highest BCUT2D eigenvalue weighted by Gasteiger charge is 2.18. The van der Waals surface area contributed by atoms with Gasteiger partial charge in [-0.15, -0.1) is 0 Å². The van der Waals surface area contributed by atoms with E-state index in [-0.39, 0.29) is 24.3 Å². The summed E-state index contributed by atoms with van der Waals surface area (Å²) in [7, 11) is 3.03. The van der Waals surface area contributed by atoms with Gasteiger partial charge in [-0.25, -0.2) is 4.79 Å². The molecule has 1 aliphatic rings. The largest absolute Gasteiger partial charge is 0.493 e. The first-order valence-electron chi connectivity index (χ1n) is 9.85. The molecule has 30 heavy (non-hydrogen) atoms. The van der Waals surface area contributed by atoms with Crippen molar-refractivity contribution in [1.29, 1.82) is 0 Å². The first-order valence-corrected chi connectivity index (χ1v) is 9.85. The predicted molar refractivity (Wildman–Crippen MR) is 112 cm³/mol. The number of aromatic nitrogens is 2. The number of benzene rings is 2. The first-order chi connectivity index (χ1) is 14.6. The third-order valence-corrected chi connectivity index (χ3v) is 5.20. The molecule has 2 heterocycles. The molecule has 0 amide bonds. The summed E-state index contributed by atoms with van der Waals surface area (Å²) in [4.78, 5) is 26.0. The molecule has 0 saturated carbocycles. The van der Waals surface area contributed by atoms with Crippen LogP contribution in [0.2, 0.25) is 0 Å². The van der Waals surface area contributed by atoms with Gasteiger partial charge in [0.25, 0.3) is 5.56 Å². The molecule has 0 radical (unpaired) electrons. The van der Waals surface area contributed by atoms with Gasteiger partial charge in [-0.05, 0) is 30.7 Å². The number of nitrogens with zero attached hydrogens (tertiary/aromatic N) is 2. The van der Waals surface area contributed by atoms with Crippen LogP contribution in [-0.4, -0.2) is 36.6 Å². The van der Waals surface area contributed by atoms with Gasteiger partial charge in [0, 0.05) is 19.0 Å². The maximum absolute atomic E-state index is 13.1. The monoisotopic (exact) mass is 412 g/mol. The standard InChI is InChI=1S/C22H24N2O6/c1-4-23-21(25)15-11-18(27-2)19(28-3)12-16(15)24(22(23)26)13-14-6-7-17-20(10-14)30-9-5-8-29-17/h6-7,10-12H,4-5,8-9,13H2,1-3H3. The van der Waals surface area contributed by atoms with E-state index in [1.54, 1.807) is 23.6 Å². The minimum absolute atomic E-state index is 0.266. The lowest BCUT2D eigenvalue weighted by molar-refractivity contribution is 0.297. The van der Waals surface area contributed by atoms with E-state index in [1.165, 1.54) is 18.8 Å². The van der Waals surface area contributed by atoms with Crippen molar-refractivity contribution in [2.24, 2.45) is 0 Å². The van der Waals surface area contributed by atoms with Gasteiger partial charge in [0.05, 0.1) is 44.9 Å². The molecule has 0 fully saturated rings. The Labute approximate surface area is 173 Å². The second-order valence-electron chi connectivity index (χ2n) is 6.97. The molecule has 1 aliphatic heterocycles. The molecule has 1 aromatic heterocycles. The molecular formula is C22H24N2O6. The zero-order valence-electron chi connectivity index (χ0n) is 17.3. The lowest BCUT2D eigenvalue weighted by atomic mass is 10.1. The fourth-order valence-corrected chi connectivity index (χ4v) is 3.66. The van der Waals surface area contributed by atoms with Crippen LogP contribution in [0, 0.1) is 0 Å². The Bertz CT molecular complexity index is 1210. The lowest BCUT2D eigenvalue weighted by Gasteiger charge is -2.16. The van der Waals surface area contributed by atoms with Crippen LogP contribution in [-0.2, 0) is 13.1 Å². The van der Waals surface area contributed by atoms with Gasteiger partial charge >= 0.3 is 5.69 Å². The Kier molecular flexibility index (Phi) is 5.39. The van der Waals surface area contributed by atoms with Crippen LogP contribution in [0.5, 0.6) is 23.0 Å². The lowest BCUT2D eigenvalue weighted by Crippen LogP contribution is -2.39. The van der Waals surface area contributed by atoms with E-state index in [0.717, 1.165) is 12.0 Å². The Morgan fingerprint density at radius 1 is 0.933 bits per heavy atom. The van der Waals surface area contributed by atoms with Gasteiger partial charge in [0.1, 0.15) is 0 Å². The molecule has 2 aromatic carbocycles. The highest BCUT2D eigenvalue weighted by Crippen LogP contribution is 2.32. The van der Waals surface area contributed by atoms with Crippen LogP contribution >= 0.6 is 0 Å². The topological polar surface area (TPSA) is 80.9 Å². The van der Waals surface area contributed by atoms with Gasteiger partial charge in [0.2, 0.25) is 0 Å². The van der Waals surface area contributed by atoms with Crippen molar-refractivity contribution in [2.75, 3.05) is 27.4 Å². The van der Waals surface area contributed by atoms with Crippen molar-refractivity contribution in [3.05, 3.63) is 56.7 Å². The number of fused-ring (bicyclic) bond motifs is 2. The summed E-state index contributed by atoms with van der Waals surface area (Å²) in [5.74, 6) is 2.24. The fourth-order valence-electron chi connectivity index (χ4n) is 3.66. The van der Waals surface area contributed by atoms with Gasteiger partial charge < -0.3 is 18.9 Å². The quantitative estimate of drug-likeness (QED) is 0.640. The average molecular weight is 412 g/mol. The molecule has 0 atom stereocenters. The molecular weight excluding hydrogens is 388 g/mol. The Hall–Kier alpha value is -3.42. The summed E-state index contributed by atoms with van der Waals surface area (Å²) in [6.07, 6.45) is 0.817. The molecule has 158 valence electrons. The Balaban J connectivity index is 1.90. The van der Waals surface area contributed by atoms with Crippen LogP contribution in [0.15, 0.2) is 39.9 Å². The van der Waals surface area contributed by atoms with Crippen molar-refractivity contribution >= 4 is 10.9 Å². The van der Waals surface area contributed by atoms with Crippen LogP contribution < -0.4 is 30.2 Å². The Morgan fingerprint density at radius 2 is 1.63 bits per heavy atom. The predicted octanol–water partition coefficient (Wildman–Crippen LogP) is 2.41. The highest BCUT2D eigenvalue weighted by atomic mass is 16.5. The minimum Gasteiger partial charge on any atom is -0.493 e. The zero-order valence-corrected chi connectivity index (χ0v) is 17.3. The average Bonchev–Trinajstić information content (AvgIpc) is 3.01. The minimum atomic E-state index is -0.380. The highest BCUT2D eigenvalue weighted by molar-refractivity contribution is 5.82. The third-order valence-electron chi connectivity index (χ3n) is 5.20. The summed E-state index contributed by atoms with van der Waals surface area (Å²) in [6, 6.07) is 8.91. The molecule has 4 rings (SSSR count). The molecule has 8 nitrogen and oxygen atoms in total. The molecule has 0 spiro atoms. The first kappa shape index (κ1) is 19.9. The van der Waals surface area contributed by atoms with Crippen molar-refractivity contribution in [3.8, 4) is 23.0 Å². The normalized spacial score (nSPS) is 13.2. The van der Waals surface area contributed by atoms with Crippen molar-refractivity contribution < 1.29 is 18.9 Å². The number of hydrogen-bond acceptors (Lipinski definition) is 6. The summed E-state index contributed by atoms with van der Waals surface area (Å²) in [5.41, 5.74) is 0.612. The molecule has 3 aromatic rings. The van der Waals surface area contributed by atoms with E-state index in [2.05, 4.69) is 0 Å². The second-order valence-corrected chi connectivity index (χ2v) is 6.97. The van der Waals surface area contributed by atoms with Gasteiger partial charge in [-0.3, -0.25) is 13.9 Å². The molecule has 0 unspecified atom stereocenters. The summed E-state index contributed by atoms with van der Waals surface area (Å²) < 4.78 is 25.0. The maximum Gasteiger partial charge on any atom is 0.331 e. The van der Waals surface area contributed by atoms with E-state index >= 15 is 0 Å². The smallest absolute Gasteiger partial charge is 0.331 e. The molecule has 0 aliphatic carbocycles. The number of ether oxygens (including phenoxy) is 4. The van der Waals surface area contributed by atoms with Gasteiger partial charge in [-0.1, -0.05) is 6.07 Å². The van der Waals surface area contributed by atoms with Crippen LogP contribution in [0.3, 0.4) is 0 Å². The zero-order chi connectivity index (χ0) is 21.3. The maximum atomic E-state index is 13.1. The van der Waals surface area contributed by atoms with E-state index in [4.69, 9.17) is 18.9 Å². The van der Waals surface area contributed by atoms with Crippen LogP contribution in [0.25, 0.3) is 10.9 Å². The second kappa shape index (κ2) is 8.14.